The number of anilines is 3. The van der Waals surface area contributed by atoms with Gasteiger partial charge in [-0.1, -0.05) is 0 Å². The second kappa shape index (κ2) is 3.48. The van der Waals surface area contributed by atoms with Gasteiger partial charge in [0.05, 0.1) is 17.8 Å². The Morgan fingerprint density at radius 2 is 1.95 bits per heavy atom. The van der Waals surface area contributed by atoms with E-state index in [0.717, 1.165) is 46.3 Å². The van der Waals surface area contributed by atoms with Crippen LogP contribution >= 0.6 is 0 Å². The first-order valence-electron chi connectivity index (χ1n) is 7.69. The lowest BCUT2D eigenvalue weighted by molar-refractivity contribution is -0.115. The quantitative estimate of drug-likeness (QED) is 0.721. The molecule has 0 saturated heterocycles. The number of nitrogen functional groups attached to an aromatic ring is 1. The smallest absolute Gasteiger partial charge is 0.228 e. The van der Waals surface area contributed by atoms with Crippen LogP contribution in [0.3, 0.4) is 0 Å². The Hall–Kier alpha value is -1.71. The van der Waals surface area contributed by atoms with Crippen molar-refractivity contribution in [1.82, 2.24) is 0 Å². The summed E-state index contributed by atoms with van der Waals surface area (Å²) in [6.07, 6.45) is 4.78. The lowest BCUT2D eigenvalue weighted by Crippen LogP contribution is -2.14. The van der Waals surface area contributed by atoms with Gasteiger partial charge in [0.2, 0.25) is 5.91 Å². The first-order chi connectivity index (χ1) is 9.70. The summed E-state index contributed by atoms with van der Waals surface area (Å²) in [4.78, 5) is 11.4. The third kappa shape index (κ3) is 1.34. The molecule has 1 aromatic carbocycles. The van der Waals surface area contributed by atoms with Gasteiger partial charge in [-0.3, -0.25) is 4.79 Å². The number of amides is 1. The highest BCUT2D eigenvalue weighted by Gasteiger charge is 2.65. The van der Waals surface area contributed by atoms with Gasteiger partial charge in [-0.2, -0.15) is 0 Å². The lowest BCUT2D eigenvalue weighted by Gasteiger charge is -2.15. The molecule has 4 N–H and O–H groups in total. The molecule has 20 heavy (non-hydrogen) atoms. The van der Waals surface area contributed by atoms with Crippen molar-refractivity contribution in [2.24, 2.45) is 23.7 Å². The van der Waals surface area contributed by atoms with Crippen LogP contribution in [-0.4, -0.2) is 11.9 Å². The molecule has 1 aliphatic heterocycles. The molecule has 3 aliphatic carbocycles. The minimum atomic E-state index is 0.0675. The number of fused-ring (bicyclic) bond motifs is 6. The molecule has 0 radical (unpaired) electrons. The van der Waals surface area contributed by atoms with E-state index in [1.165, 1.54) is 19.3 Å². The summed E-state index contributed by atoms with van der Waals surface area (Å²) >= 11 is 0. The third-order valence-corrected chi connectivity index (χ3v) is 5.96. The Morgan fingerprint density at radius 1 is 1.20 bits per heavy atom. The van der Waals surface area contributed by atoms with Crippen molar-refractivity contribution in [3.63, 3.8) is 0 Å². The minimum Gasteiger partial charge on any atom is -0.397 e. The van der Waals surface area contributed by atoms with Gasteiger partial charge in [0.25, 0.3) is 0 Å². The summed E-state index contributed by atoms with van der Waals surface area (Å²) in [5.74, 6) is 3.75. The van der Waals surface area contributed by atoms with Gasteiger partial charge in [-0.25, -0.2) is 0 Å². The maximum Gasteiger partial charge on any atom is 0.228 e. The fourth-order valence-electron chi connectivity index (χ4n) is 5.12. The molecule has 1 heterocycles. The van der Waals surface area contributed by atoms with E-state index in [0.29, 0.717) is 12.5 Å². The van der Waals surface area contributed by atoms with E-state index in [2.05, 4.69) is 10.6 Å². The van der Waals surface area contributed by atoms with Gasteiger partial charge in [0.15, 0.2) is 0 Å². The molecule has 4 unspecified atom stereocenters. The maximum atomic E-state index is 11.4. The molecule has 4 nitrogen and oxygen atoms in total. The second-order valence-electron chi connectivity index (χ2n) is 6.98. The van der Waals surface area contributed by atoms with Gasteiger partial charge in [-0.15, -0.1) is 0 Å². The fraction of sp³-hybridized carbons (Fsp3) is 0.562. The molecular weight excluding hydrogens is 250 g/mol. The Kier molecular flexibility index (Phi) is 1.92. The molecule has 1 aromatic rings. The van der Waals surface area contributed by atoms with Crippen LogP contribution in [0.2, 0.25) is 0 Å². The molecule has 1 amide bonds. The first-order valence-corrected chi connectivity index (χ1v) is 7.69. The number of carbonyl (C=O) groups excluding carboxylic acids is 1. The van der Waals surface area contributed by atoms with Crippen LogP contribution < -0.4 is 16.4 Å². The zero-order valence-corrected chi connectivity index (χ0v) is 11.4. The van der Waals surface area contributed by atoms with Crippen LogP contribution in [0, 0.1) is 23.7 Å². The summed E-state index contributed by atoms with van der Waals surface area (Å²) in [6.45, 7) is 0. The summed E-state index contributed by atoms with van der Waals surface area (Å²) in [7, 11) is 0. The fourth-order valence-corrected chi connectivity index (χ4v) is 5.12. The van der Waals surface area contributed by atoms with Crippen LogP contribution in [0.1, 0.15) is 24.8 Å². The van der Waals surface area contributed by atoms with Gasteiger partial charge < -0.3 is 16.4 Å². The monoisotopic (exact) mass is 269 g/mol. The van der Waals surface area contributed by atoms with E-state index < -0.39 is 0 Å². The number of hydrogen-bond donors (Lipinski definition) is 3. The van der Waals surface area contributed by atoms with E-state index in [1.807, 2.05) is 12.1 Å². The van der Waals surface area contributed by atoms with Crippen molar-refractivity contribution < 1.29 is 4.79 Å². The summed E-state index contributed by atoms with van der Waals surface area (Å²) in [5.41, 5.74) is 9.88. The SMILES string of the molecule is Nc1cc2c(cc1NC1C3C4CCC(C4)C13)NC(=O)C2. The summed E-state index contributed by atoms with van der Waals surface area (Å²) in [6, 6.07) is 4.59. The van der Waals surface area contributed by atoms with Crippen molar-refractivity contribution in [1.29, 1.82) is 0 Å². The number of nitrogens with one attached hydrogen (secondary N) is 2. The van der Waals surface area contributed by atoms with Gasteiger partial charge in [0.1, 0.15) is 0 Å². The van der Waals surface area contributed by atoms with Crippen molar-refractivity contribution in [2.45, 2.75) is 31.7 Å². The molecule has 3 saturated carbocycles. The molecule has 2 bridgehead atoms. The molecule has 4 atom stereocenters. The predicted molar refractivity (Wildman–Crippen MR) is 78.4 cm³/mol. The van der Waals surface area contributed by atoms with Gasteiger partial charge in [0, 0.05) is 11.7 Å². The number of benzene rings is 1. The molecule has 4 aliphatic rings. The van der Waals surface area contributed by atoms with Gasteiger partial charge >= 0.3 is 0 Å². The Morgan fingerprint density at radius 3 is 2.70 bits per heavy atom. The highest BCUT2D eigenvalue weighted by atomic mass is 16.1. The topological polar surface area (TPSA) is 67.2 Å². The summed E-state index contributed by atoms with van der Waals surface area (Å²) < 4.78 is 0. The first kappa shape index (κ1) is 11.0. The van der Waals surface area contributed by atoms with Gasteiger partial charge in [-0.05, 0) is 60.6 Å². The Balaban J connectivity index is 1.41. The number of nitrogens with two attached hydrogens (primary N) is 1. The van der Waals surface area contributed by atoms with Crippen molar-refractivity contribution >= 4 is 23.0 Å². The summed E-state index contributed by atoms with van der Waals surface area (Å²) in [5, 5.41) is 6.56. The highest BCUT2D eigenvalue weighted by molar-refractivity contribution is 6.00. The van der Waals surface area contributed by atoms with E-state index in [1.54, 1.807) is 0 Å². The van der Waals surface area contributed by atoms with E-state index in [9.17, 15) is 4.79 Å². The molecule has 0 spiro atoms. The molecule has 5 rings (SSSR count). The minimum absolute atomic E-state index is 0.0675. The molecule has 4 heteroatoms. The van der Waals surface area contributed by atoms with E-state index in [4.69, 9.17) is 5.73 Å². The zero-order chi connectivity index (χ0) is 13.4. The van der Waals surface area contributed by atoms with Crippen LogP contribution in [0.25, 0.3) is 0 Å². The maximum absolute atomic E-state index is 11.4. The van der Waals surface area contributed by atoms with E-state index in [-0.39, 0.29) is 5.91 Å². The molecular formula is C16H19N3O. The Labute approximate surface area is 118 Å². The number of rotatable bonds is 2. The normalized spacial score (nSPS) is 39.4. The Bertz CT molecular complexity index is 610. The van der Waals surface area contributed by atoms with Crippen molar-refractivity contribution in [3.8, 4) is 0 Å². The van der Waals surface area contributed by atoms with E-state index >= 15 is 0 Å². The standard InChI is InChI=1S/C16H19N3O/c17-10-4-9-5-13(20)18-11(9)6-12(10)19-16-14-7-1-2-8(3-7)15(14)16/h4,6-8,14-16,19H,1-3,5,17H2,(H,18,20). The molecule has 0 aromatic heterocycles. The molecule has 104 valence electrons. The lowest BCUT2D eigenvalue weighted by atomic mass is 10.0. The van der Waals surface area contributed by atoms with Crippen LogP contribution in [0.15, 0.2) is 12.1 Å². The molecule has 3 fully saturated rings. The average Bonchev–Trinajstić information content (AvgIpc) is 2.78. The van der Waals surface area contributed by atoms with Crippen LogP contribution in [0.4, 0.5) is 17.1 Å². The third-order valence-electron chi connectivity index (χ3n) is 5.96. The average molecular weight is 269 g/mol. The second-order valence-corrected chi connectivity index (χ2v) is 6.98. The number of hydrogen-bond acceptors (Lipinski definition) is 3. The van der Waals surface area contributed by atoms with Crippen molar-refractivity contribution in [3.05, 3.63) is 17.7 Å². The number of carbonyl (C=O) groups is 1. The van der Waals surface area contributed by atoms with Crippen LogP contribution in [0.5, 0.6) is 0 Å². The predicted octanol–water partition coefficient (Wildman–Crippen LogP) is 2.22. The van der Waals surface area contributed by atoms with Crippen LogP contribution in [-0.2, 0) is 11.2 Å². The zero-order valence-electron chi connectivity index (χ0n) is 11.4. The highest BCUT2D eigenvalue weighted by Crippen LogP contribution is 2.66. The largest absolute Gasteiger partial charge is 0.397 e. The van der Waals surface area contributed by atoms with Crippen molar-refractivity contribution in [2.75, 3.05) is 16.4 Å².